The molecular formula is C52H53NS. The van der Waals surface area contributed by atoms with Crippen LogP contribution in [0.5, 0.6) is 0 Å². The molecule has 0 spiro atoms. The van der Waals surface area contributed by atoms with Crippen LogP contribution in [0, 0.1) is 0 Å². The lowest BCUT2D eigenvalue weighted by Crippen LogP contribution is -2.18. The van der Waals surface area contributed by atoms with E-state index in [4.69, 9.17) is 0 Å². The number of anilines is 3. The van der Waals surface area contributed by atoms with Crippen molar-refractivity contribution in [3.8, 4) is 22.3 Å². The summed E-state index contributed by atoms with van der Waals surface area (Å²) in [6.45, 7) is 25.9. The van der Waals surface area contributed by atoms with E-state index in [2.05, 4.69) is 190 Å². The topological polar surface area (TPSA) is 3.24 Å². The maximum Gasteiger partial charge on any atom is 0.0476 e. The minimum Gasteiger partial charge on any atom is -0.310 e. The largest absolute Gasteiger partial charge is 0.310 e. The Morgan fingerprint density at radius 2 is 1.13 bits per heavy atom. The molecule has 1 heterocycles. The third kappa shape index (κ3) is 5.09. The summed E-state index contributed by atoms with van der Waals surface area (Å²) in [5, 5.41) is 2.75. The predicted octanol–water partition coefficient (Wildman–Crippen LogP) is 15.7. The monoisotopic (exact) mass is 723 g/mol. The van der Waals surface area contributed by atoms with Gasteiger partial charge in [-0.25, -0.2) is 0 Å². The molecule has 0 fully saturated rings. The van der Waals surface area contributed by atoms with Crippen molar-refractivity contribution in [1.82, 2.24) is 0 Å². The molecule has 0 bridgehead atoms. The molecule has 6 aromatic carbocycles. The van der Waals surface area contributed by atoms with Gasteiger partial charge >= 0.3 is 0 Å². The lowest BCUT2D eigenvalue weighted by molar-refractivity contribution is 0.589. The molecule has 7 aromatic rings. The molecule has 0 radical (unpaired) electrons. The zero-order chi connectivity index (χ0) is 38.1. The van der Waals surface area contributed by atoms with Crippen LogP contribution in [-0.2, 0) is 16.2 Å². The summed E-state index contributed by atoms with van der Waals surface area (Å²) in [6.07, 6.45) is 0. The Morgan fingerprint density at radius 1 is 0.537 bits per heavy atom. The second-order valence-electron chi connectivity index (χ2n) is 18.6. The zero-order valence-corrected chi connectivity index (χ0v) is 34.7. The lowest BCUT2D eigenvalue weighted by Gasteiger charge is -2.29. The van der Waals surface area contributed by atoms with Crippen LogP contribution >= 0.6 is 11.3 Å². The van der Waals surface area contributed by atoms with Crippen LogP contribution in [0.4, 0.5) is 17.1 Å². The molecular weight excluding hydrogens is 671 g/mol. The highest BCUT2D eigenvalue weighted by Gasteiger charge is 2.40. The summed E-state index contributed by atoms with van der Waals surface area (Å²) in [4.78, 5) is 2.52. The molecule has 1 nitrogen and oxygen atoms in total. The van der Waals surface area contributed by atoms with Crippen molar-refractivity contribution in [2.75, 3.05) is 4.90 Å². The van der Waals surface area contributed by atoms with Gasteiger partial charge in [0.15, 0.2) is 0 Å². The average molecular weight is 724 g/mol. The van der Waals surface area contributed by atoms with Crippen LogP contribution in [0.2, 0.25) is 0 Å². The van der Waals surface area contributed by atoms with Gasteiger partial charge in [-0.2, -0.15) is 0 Å². The second-order valence-corrected chi connectivity index (χ2v) is 19.7. The van der Waals surface area contributed by atoms with E-state index in [-0.39, 0.29) is 16.2 Å². The van der Waals surface area contributed by atoms with Gasteiger partial charge in [0.1, 0.15) is 0 Å². The van der Waals surface area contributed by atoms with Gasteiger partial charge in [-0.3, -0.25) is 0 Å². The maximum absolute atomic E-state index is 2.52. The molecule has 0 N–H and O–H groups in total. The van der Waals surface area contributed by atoms with Crippen LogP contribution in [0.25, 0.3) is 42.4 Å². The first-order valence-corrected chi connectivity index (χ1v) is 20.7. The van der Waals surface area contributed by atoms with Gasteiger partial charge in [0.05, 0.1) is 0 Å². The van der Waals surface area contributed by atoms with Crippen molar-refractivity contribution in [2.24, 2.45) is 0 Å². The zero-order valence-electron chi connectivity index (χ0n) is 33.9. The first-order chi connectivity index (χ1) is 25.6. The standard InChI is InChI=1S/C52H53NS/c1-30(2)32-25-40(31(3)4)49-41(26-32)38-23-20-35(29-47(38)54-49)53(33-19-22-37-36-15-12-13-16-42(36)51(8,9)45(37)27-33)34-21-24-39-46(28-34)52(10,11)44-18-14-17-43(48(39)44)50(5,6)7/h12-31H,1-11H3. The Bertz CT molecular complexity index is 2650. The van der Waals surface area contributed by atoms with Crippen LogP contribution in [0.1, 0.15) is 127 Å². The van der Waals surface area contributed by atoms with Crippen LogP contribution in [-0.4, -0.2) is 0 Å². The van der Waals surface area contributed by atoms with E-state index in [0.29, 0.717) is 11.8 Å². The Morgan fingerprint density at radius 3 is 1.81 bits per heavy atom. The van der Waals surface area contributed by atoms with Gasteiger partial charge in [-0.1, -0.05) is 143 Å². The normalized spacial score (nSPS) is 15.2. The number of fused-ring (bicyclic) bond motifs is 9. The number of rotatable bonds is 5. The number of benzene rings is 6. The third-order valence-corrected chi connectivity index (χ3v) is 13.9. The minimum atomic E-state index is -0.119. The highest BCUT2D eigenvalue weighted by atomic mass is 32.1. The summed E-state index contributed by atoms with van der Waals surface area (Å²) in [6, 6.07) is 42.5. The van der Waals surface area contributed by atoms with Gasteiger partial charge < -0.3 is 4.90 Å². The molecule has 0 atom stereocenters. The minimum absolute atomic E-state index is 0.0492. The van der Waals surface area contributed by atoms with E-state index in [1.807, 2.05) is 11.3 Å². The van der Waals surface area contributed by atoms with Crippen molar-refractivity contribution in [1.29, 1.82) is 0 Å². The molecule has 0 saturated heterocycles. The van der Waals surface area contributed by atoms with E-state index in [1.165, 1.54) is 98.4 Å². The fourth-order valence-corrected chi connectivity index (χ4v) is 11.0. The molecule has 54 heavy (non-hydrogen) atoms. The predicted molar refractivity (Wildman–Crippen MR) is 236 cm³/mol. The summed E-state index contributed by atoms with van der Waals surface area (Å²) in [5.41, 5.74) is 18.9. The van der Waals surface area contributed by atoms with Gasteiger partial charge in [-0.05, 0) is 121 Å². The molecule has 0 saturated carbocycles. The first kappa shape index (κ1) is 35.1. The van der Waals surface area contributed by atoms with E-state index in [9.17, 15) is 0 Å². The van der Waals surface area contributed by atoms with Crippen molar-refractivity contribution < 1.29 is 0 Å². The Hall–Kier alpha value is -4.66. The van der Waals surface area contributed by atoms with Crippen LogP contribution in [0.15, 0.2) is 109 Å². The first-order valence-electron chi connectivity index (χ1n) is 19.9. The molecule has 2 heteroatoms. The maximum atomic E-state index is 2.52. The molecule has 0 unspecified atom stereocenters. The summed E-state index contributed by atoms with van der Waals surface area (Å²) in [5.74, 6) is 0.952. The fourth-order valence-electron chi connectivity index (χ4n) is 9.64. The summed E-state index contributed by atoms with van der Waals surface area (Å²) < 4.78 is 2.77. The van der Waals surface area contributed by atoms with Crippen molar-refractivity contribution >= 4 is 48.6 Å². The van der Waals surface area contributed by atoms with Crippen molar-refractivity contribution in [2.45, 2.75) is 104 Å². The number of hydrogen-bond donors (Lipinski definition) is 0. The van der Waals surface area contributed by atoms with Crippen molar-refractivity contribution in [3.05, 3.63) is 148 Å². The number of hydrogen-bond acceptors (Lipinski definition) is 2. The lowest BCUT2D eigenvalue weighted by atomic mass is 9.79. The van der Waals surface area contributed by atoms with Crippen molar-refractivity contribution in [3.63, 3.8) is 0 Å². The molecule has 2 aliphatic carbocycles. The number of nitrogens with zero attached hydrogens (tertiary/aromatic N) is 1. The van der Waals surface area contributed by atoms with E-state index in [0.717, 1.165) is 0 Å². The summed E-state index contributed by atoms with van der Waals surface area (Å²) >= 11 is 1.96. The Kier molecular flexibility index (Phi) is 7.74. The average Bonchev–Trinajstić information content (AvgIpc) is 3.70. The van der Waals surface area contributed by atoms with Crippen LogP contribution < -0.4 is 4.90 Å². The third-order valence-electron chi connectivity index (χ3n) is 12.7. The fraction of sp³-hybridized carbons (Fsp3) is 0.308. The number of thiophene rings is 1. The van der Waals surface area contributed by atoms with Gasteiger partial charge in [0, 0.05) is 48.1 Å². The highest BCUT2D eigenvalue weighted by molar-refractivity contribution is 7.26. The molecule has 1 aromatic heterocycles. The summed E-state index contributed by atoms with van der Waals surface area (Å²) in [7, 11) is 0. The Balaban J connectivity index is 1.27. The van der Waals surface area contributed by atoms with E-state index in [1.54, 1.807) is 0 Å². The highest BCUT2D eigenvalue weighted by Crippen LogP contribution is 2.55. The van der Waals surface area contributed by atoms with E-state index < -0.39 is 0 Å². The quantitative estimate of drug-likeness (QED) is 0.171. The molecule has 0 amide bonds. The van der Waals surface area contributed by atoms with E-state index >= 15 is 0 Å². The van der Waals surface area contributed by atoms with Gasteiger partial charge in [-0.15, -0.1) is 11.3 Å². The Labute approximate surface area is 326 Å². The van der Waals surface area contributed by atoms with Gasteiger partial charge in [0.25, 0.3) is 0 Å². The molecule has 272 valence electrons. The SMILES string of the molecule is CC(C)c1cc(C(C)C)c2sc3cc(N(c4ccc5c(c4)C(C)(C)c4ccccc4-5)c4ccc5c(c4)C(C)(C)c4cccc(C(C)(C)C)c4-5)ccc3c2c1. The molecule has 9 rings (SSSR count). The second kappa shape index (κ2) is 11.9. The molecule has 0 aliphatic heterocycles. The van der Waals surface area contributed by atoms with Crippen LogP contribution in [0.3, 0.4) is 0 Å². The van der Waals surface area contributed by atoms with Gasteiger partial charge in [0.2, 0.25) is 0 Å². The smallest absolute Gasteiger partial charge is 0.0476 e. The molecule has 2 aliphatic rings.